The third kappa shape index (κ3) is 5.61. The molecule has 0 aromatic heterocycles. The van der Waals surface area contributed by atoms with Crippen LogP contribution in [0, 0.1) is 0 Å². The first-order valence-corrected chi connectivity index (χ1v) is 10.1. The zero-order valence-electron chi connectivity index (χ0n) is 15.1. The van der Waals surface area contributed by atoms with Crippen molar-refractivity contribution < 1.29 is 4.79 Å². The van der Waals surface area contributed by atoms with E-state index in [1.165, 1.54) is 24.9 Å². The molecule has 0 atom stereocenters. The second kappa shape index (κ2) is 9.44. The fraction of sp³-hybridized carbons (Fsp3) is 0.650. The van der Waals surface area contributed by atoms with Crippen LogP contribution in [0.5, 0.6) is 0 Å². The summed E-state index contributed by atoms with van der Waals surface area (Å²) in [5.74, 6) is 0.368. The van der Waals surface area contributed by atoms with Crippen molar-refractivity contribution in [3.05, 3.63) is 29.3 Å². The molecule has 1 aromatic carbocycles. The van der Waals surface area contributed by atoms with Crippen LogP contribution in [0.25, 0.3) is 0 Å². The molecule has 138 valence electrons. The smallest absolute Gasteiger partial charge is 0.222 e. The average Bonchev–Trinajstić information content (AvgIpc) is 2.84. The molecule has 2 aliphatic rings. The van der Waals surface area contributed by atoms with Crippen LogP contribution in [0.3, 0.4) is 0 Å². The van der Waals surface area contributed by atoms with Gasteiger partial charge in [-0.25, -0.2) is 0 Å². The Balaban J connectivity index is 1.33. The molecule has 2 aliphatic heterocycles. The number of piperazine rings is 1. The fourth-order valence-corrected chi connectivity index (χ4v) is 4.00. The summed E-state index contributed by atoms with van der Waals surface area (Å²) in [4.78, 5) is 19.1. The highest BCUT2D eigenvalue weighted by molar-refractivity contribution is 6.30. The first-order valence-electron chi connectivity index (χ1n) is 9.73. The fourth-order valence-electron chi connectivity index (χ4n) is 3.82. The number of benzene rings is 1. The summed E-state index contributed by atoms with van der Waals surface area (Å²) < 4.78 is 0. The highest BCUT2D eigenvalue weighted by atomic mass is 35.5. The summed E-state index contributed by atoms with van der Waals surface area (Å²) in [6, 6.07) is 8.14. The number of carbonyl (C=O) groups is 1. The highest BCUT2D eigenvalue weighted by Crippen LogP contribution is 2.21. The van der Waals surface area contributed by atoms with Gasteiger partial charge in [0.05, 0.1) is 0 Å². The van der Waals surface area contributed by atoms with Crippen LogP contribution in [0.15, 0.2) is 24.3 Å². The van der Waals surface area contributed by atoms with Crippen molar-refractivity contribution in [2.45, 2.75) is 38.5 Å². The van der Waals surface area contributed by atoms with Gasteiger partial charge in [-0.1, -0.05) is 24.1 Å². The first-order chi connectivity index (χ1) is 12.2. The molecule has 0 unspecified atom stereocenters. The summed E-state index contributed by atoms with van der Waals surface area (Å²) in [6.07, 6.45) is 6.52. The van der Waals surface area contributed by atoms with E-state index in [2.05, 4.69) is 26.8 Å². The van der Waals surface area contributed by atoms with E-state index in [4.69, 9.17) is 11.6 Å². The zero-order valence-corrected chi connectivity index (χ0v) is 15.9. The number of likely N-dealkylation sites (tertiary alicyclic amines) is 1. The third-order valence-electron chi connectivity index (χ3n) is 5.37. The van der Waals surface area contributed by atoms with Gasteiger partial charge in [-0.3, -0.25) is 9.69 Å². The molecule has 2 saturated heterocycles. The van der Waals surface area contributed by atoms with Gasteiger partial charge in [0.15, 0.2) is 0 Å². The van der Waals surface area contributed by atoms with E-state index in [9.17, 15) is 4.79 Å². The molecule has 25 heavy (non-hydrogen) atoms. The molecule has 0 spiro atoms. The molecule has 5 heteroatoms. The molecule has 0 N–H and O–H groups in total. The predicted octanol–water partition coefficient (Wildman–Crippen LogP) is 3.64. The van der Waals surface area contributed by atoms with Crippen LogP contribution in [0.2, 0.25) is 5.02 Å². The minimum absolute atomic E-state index is 0.368. The van der Waals surface area contributed by atoms with Crippen LogP contribution in [-0.2, 0) is 4.79 Å². The molecule has 0 radical (unpaired) electrons. The van der Waals surface area contributed by atoms with E-state index in [0.29, 0.717) is 5.91 Å². The van der Waals surface area contributed by atoms with E-state index in [1.807, 2.05) is 12.1 Å². The lowest BCUT2D eigenvalue weighted by molar-refractivity contribution is -0.130. The van der Waals surface area contributed by atoms with Gasteiger partial charge in [0.25, 0.3) is 0 Å². The van der Waals surface area contributed by atoms with Gasteiger partial charge >= 0.3 is 0 Å². The summed E-state index contributed by atoms with van der Waals surface area (Å²) in [6.45, 7) is 7.39. The van der Waals surface area contributed by atoms with Gasteiger partial charge in [0.2, 0.25) is 5.91 Å². The van der Waals surface area contributed by atoms with Crippen molar-refractivity contribution in [2.75, 3.05) is 50.7 Å². The second-order valence-electron chi connectivity index (χ2n) is 7.21. The number of nitrogens with zero attached hydrogens (tertiary/aromatic N) is 3. The molecule has 0 bridgehead atoms. The molecule has 1 amide bonds. The lowest BCUT2D eigenvalue weighted by Gasteiger charge is -2.36. The quantitative estimate of drug-likeness (QED) is 0.722. The molecular formula is C20H30ClN3O. The number of unbranched alkanes of at least 4 members (excludes halogenated alkanes) is 1. The van der Waals surface area contributed by atoms with Crippen molar-refractivity contribution in [2.24, 2.45) is 0 Å². The molecule has 0 saturated carbocycles. The number of hydrogen-bond donors (Lipinski definition) is 0. The Labute approximate surface area is 156 Å². The van der Waals surface area contributed by atoms with E-state index in [-0.39, 0.29) is 0 Å². The standard InChI is InChI=1S/C20H30ClN3O/c21-18-7-6-8-19(17-18)23-15-13-22(14-16-23)10-4-5-12-24-11-3-1-2-9-20(24)25/h6-8,17H,1-5,9-16H2. The molecule has 3 rings (SSSR count). The number of hydrogen-bond acceptors (Lipinski definition) is 3. The van der Waals surface area contributed by atoms with E-state index in [1.54, 1.807) is 0 Å². The van der Waals surface area contributed by atoms with Crippen LogP contribution in [0.4, 0.5) is 5.69 Å². The Bertz CT molecular complexity index is 558. The van der Waals surface area contributed by atoms with Crippen LogP contribution in [-0.4, -0.2) is 61.5 Å². The van der Waals surface area contributed by atoms with E-state index >= 15 is 0 Å². The Morgan fingerprint density at radius 2 is 1.72 bits per heavy atom. The summed E-state index contributed by atoms with van der Waals surface area (Å²) in [5, 5.41) is 0.808. The molecule has 1 aromatic rings. The Morgan fingerprint density at radius 3 is 2.52 bits per heavy atom. The maximum Gasteiger partial charge on any atom is 0.222 e. The van der Waals surface area contributed by atoms with Crippen molar-refractivity contribution in [1.29, 1.82) is 0 Å². The first kappa shape index (κ1) is 18.5. The molecular weight excluding hydrogens is 334 g/mol. The zero-order chi connectivity index (χ0) is 17.5. The summed E-state index contributed by atoms with van der Waals surface area (Å²) in [5.41, 5.74) is 1.23. The minimum atomic E-state index is 0.368. The third-order valence-corrected chi connectivity index (χ3v) is 5.60. The normalized spacial score (nSPS) is 20.0. The Hall–Kier alpha value is -1.26. The Morgan fingerprint density at radius 1 is 0.920 bits per heavy atom. The SMILES string of the molecule is O=C1CCCCCN1CCCCN1CCN(c2cccc(Cl)c2)CC1. The van der Waals surface area contributed by atoms with Crippen molar-refractivity contribution in [3.63, 3.8) is 0 Å². The van der Waals surface area contributed by atoms with Gasteiger partial charge in [-0.15, -0.1) is 0 Å². The largest absolute Gasteiger partial charge is 0.369 e. The summed E-state index contributed by atoms with van der Waals surface area (Å²) >= 11 is 6.10. The van der Waals surface area contributed by atoms with Gasteiger partial charge in [-0.2, -0.15) is 0 Å². The second-order valence-corrected chi connectivity index (χ2v) is 7.64. The number of halogens is 1. The number of carbonyl (C=O) groups excluding carboxylic acids is 1. The van der Waals surface area contributed by atoms with Crippen molar-refractivity contribution in [1.82, 2.24) is 9.80 Å². The monoisotopic (exact) mass is 363 g/mol. The van der Waals surface area contributed by atoms with E-state index < -0.39 is 0 Å². The van der Waals surface area contributed by atoms with Crippen LogP contribution < -0.4 is 4.90 Å². The van der Waals surface area contributed by atoms with Gasteiger partial charge in [-0.05, 0) is 50.4 Å². The van der Waals surface area contributed by atoms with E-state index in [0.717, 1.165) is 70.1 Å². The lowest BCUT2D eigenvalue weighted by atomic mass is 10.2. The molecule has 0 aliphatic carbocycles. The van der Waals surface area contributed by atoms with Gasteiger partial charge in [0, 0.05) is 56.4 Å². The average molecular weight is 364 g/mol. The maximum atomic E-state index is 12.0. The molecule has 2 heterocycles. The van der Waals surface area contributed by atoms with Crippen molar-refractivity contribution in [3.8, 4) is 0 Å². The topological polar surface area (TPSA) is 26.8 Å². The van der Waals surface area contributed by atoms with Gasteiger partial charge in [0.1, 0.15) is 0 Å². The molecule has 2 fully saturated rings. The summed E-state index contributed by atoms with van der Waals surface area (Å²) in [7, 11) is 0. The lowest BCUT2D eigenvalue weighted by Crippen LogP contribution is -2.46. The minimum Gasteiger partial charge on any atom is -0.369 e. The molecule has 4 nitrogen and oxygen atoms in total. The highest BCUT2D eigenvalue weighted by Gasteiger charge is 2.18. The van der Waals surface area contributed by atoms with Crippen molar-refractivity contribution >= 4 is 23.2 Å². The number of rotatable bonds is 6. The maximum absolute atomic E-state index is 12.0. The Kier molecular flexibility index (Phi) is 7.00. The predicted molar refractivity (Wildman–Crippen MR) is 104 cm³/mol. The number of amides is 1. The van der Waals surface area contributed by atoms with Crippen LogP contribution in [0.1, 0.15) is 38.5 Å². The van der Waals surface area contributed by atoms with Crippen LogP contribution >= 0.6 is 11.6 Å². The number of anilines is 1. The van der Waals surface area contributed by atoms with Gasteiger partial charge < -0.3 is 9.80 Å².